The Hall–Kier alpha value is -1.95. The lowest BCUT2D eigenvalue weighted by molar-refractivity contribution is 0.0697. The highest BCUT2D eigenvalue weighted by atomic mass is 16.4. The summed E-state index contributed by atoms with van der Waals surface area (Å²) in [4.78, 5) is 13.4. The number of hydrogen-bond donors (Lipinski definition) is 1. The van der Waals surface area contributed by atoms with Crippen LogP contribution in [0.1, 0.15) is 30.6 Å². The van der Waals surface area contributed by atoms with Gasteiger partial charge in [-0.25, -0.2) is 9.48 Å². The van der Waals surface area contributed by atoms with Crippen molar-refractivity contribution in [1.29, 1.82) is 0 Å². The number of aromatic carboxylic acids is 1. The molecule has 0 saturated carbocycles. The molecule has 0 amide bonds. The van der Waals surface area contributed by atoms with E-state index in [1.54, 1.807) is 18.2 Å². The number of fused-ring (bicyclic) bond motifs is 1. The molecule has 1 aliphatic rings. The third-order valence-corrected chi connectivity index (χ3v) is 4.24. The van der Waals surface area contributed by atoms with Crippen molar-refractivity contribution in [2.45, 2.75) is 32.9 Å². The molecular formula is C15H20N4O2. The van der Waals surface area contributed by atoms with Crippen LogP contribution in [0, 0.1) is 5.92 Å². The van der Waals surface area contributed by atoms with Crippen LogP contribution in [0.4, 0.5) is 0 Å². The Morgan fingerprint density at radius 3 is 2.95 bits per heavy atom. The summed E-state index contributed by atoms with van der Waals surface area (Å²) in [5.41, 5.74) is 1.80. The molecule has 0 bridgehead atoms. The zero-order chi connectivity index (χ0) is 15.0. The first-order chi connectivity index (χ1) is 10.0. The summed E-state index contributed by atoms with van der Waals surface area (Å²) in [5, 5.41) is 17.3. The highest BCUT2D eigenvalue weighted by molar-refractivity contribution is 5.92. The van der Waals surface area contributed by atoms with Crippen LogP contribution in [0.25, 0.3) is 11.0 Å². The second kappa shape index (κ2) is 5.44. The monoisotopic (exact) mass is 288 g/mol. The molecule has 1 N–H and O–H groups in total. The van der Waals surface area contributed by atoms with Crippen LogP contribution in [0.15, 0.2) is 18.2 Å². The van der Waals surface area contributed by atoms with Crippen LogP contribution in [0.3, 0.4) is 0 Å². The molecule has 6 nitrogen and oxygen atoms in total. The van der Waals surface area contributed by atoms with Gasteiger partial charge in [-0.05, 0) is 50.9 Å². The van der Waals surface area contributed by atoms with Crippen LogP contribution in [0.2, 0.25) is 0 Å². The number of aromatic nitrogens is 3. The maximum Gasteiger partial charge on any atom is 0.335 e. The van der Waals surface area contributed by atoms with Gasteiger partial charge in [0.2, 0.25) is 0 Å². The molecule has 6 heteroatoms. The summed E-state index contributed by atoms with van der Waals surface area (Å²) in [6, 6.07) is 5.57. The third-order valence-electron chi connectivity index (χ3n) is 4.24. The van der Waals surface area contributed by atoms with Crippen LogP contribution >= 0.6 is 0 Å². The van der Waals surface area contributed by atoms with Gasteiger partial charge in [-0.2, -0.15) is 0 Å². The van der Waals surface area contributed by atoms with Crippen LogP contribution in [0.5, 0.6) is 0 Å². The minimum atomic E-state index is -0.935. The Morgan fingerprint density at radius 2 is 2.29 bits per heavy atom. The van der Waals surface area contributed by atoms with Crippen LogP contribution < -0.4 is 0 Å². The van der Waals surface area contributed by atoms with Crippen molar-refractivity contribution in [2.24, 2.45) is 5.92 Å². The molecule has 2 aromatic rings. The van der Waals surface area contributed by atoms with Gasteiger partial charge in [0, 0.05) is 19.1 Å². The number of nitrogens with zero attached hydrogens (tertiary/aromatic N) is 4. The van der Waals surface area contributed by atoms with Crippen molar-refractivity contribution in [3.8, 4) is 0 Å². The molecule has 112 valence electrons. The molecule has 1 aromatic heterocycles. The van der Waals surface area contributed by atoms with Gasteiger partial charge in [0.15, 0.2) is 0 Å². The van der Waals surface area contributed by atoms with Crippen LogP contribution in [-0.2, 0) is 6.54 Å². The lowest BCUT2D eigenvalue weighted by atomic mass is 10.1. The fourth-order valence-corrected chi connectivity index (χ4v) is 2.97. The average molecular weight is 288 g/mol. The lowest BCUT2D eigenvalue weighted by Crippen LogP contribution is -2.28. The molecule has 1 aliphatic heterocycles. The molecule has 21 heavy (non-hydrogen) atoms. The highest BCUT2D eigenvalue weighted by Crippen LogP contribution is 2.22. The third kappa shape index (κ3) is 2.76. The number of carboxylic acids is 1. The number of benzene rings is 1. The predicted octanol–water partition coefficient (Wildman–Crippen LogP) is 1.86. The molecule has 1 aromatic carbocycles. The SMILES string of the molecule is CC(C)N1CCC(Cn2nnc3cc(C(=O)O)ccc32)C1. The molecule has 1 atom stereocenters. The zero-order valence-corrected chi connectivity index (χ0v) is 12.4. The van der Waals surface area contributed by atoms with Crippen molar-refractivity contribution in [3.05, 3.63) is 23.8 Å². The van der Waals surface area contributed by atoms with Crippen molar-refractivity contribution in [3.63, 3.8) is 0 Å². The molecule has 1 unspecified atom stereocenters. The Bertz CT molecular complexity index is 665. The molecule has 2 heterocycles. The standard InChI is InChI=1S/C15H20N4O2/c1-10(2)18-6-5-11(8-18)9-19-14-4-3-12(15(20)21)7-13(14)16-17-19/h3-4,7,10-11H,5-6,8-9H2,1-2H3,(H,20,21). The smallest absolute Gasteiger partial charge is 0.335 e. The van der Waals surface area contributed by atoms with Gasteiger partial charge in [-0.15, -0.1) is 5.10 Å². The van der Waals surface area contributed by atoms with Gasteiger partial charge >= 0.3 is 5.97 Å². The largest absolute Gasteiger partial charge is 0.478 e. The van der Waals surface area contributed by atoms with E-state index in [0.29, 0.717) is 17.5 Å². The average Bonchev–Trinajstić information content (AvgIpc) is 3.06. The van der Waals surface area contributed by atoms with E-state index in [1.165, 1.54) is 6.42 Å². The maximum atomic E-state index is 11.0. The van der Waals surface area contributed by atoms with Crippen LogP contribution in [-0.4, -0.2) is 50.1 Å². The van der Waals surface area contributed by atoms with Crippen molar-refractivity contribution >= 4 is 17.0 Å². The minimum absolute atomic E-state index is 0.251. The summed E-state index contributed by atoms with van der Waals surface area (Å²) >= 11 is 0. The van der Waals surface area contributed by atoms with E-state index < -0.39 is 5.97 Å². The molecule has 0 radical (unpaired) electrons. The first-order valence-electron chi connectivity index (χ1n) is 7.35. The summed E-state index contributed by atoms with van der Waals surface area (Å²) < 4.78 is 1.90. The van der Waals surface area contributed by atoms with E-state index in [9.17, 15) is 4.79 Å². The summed E-state index contributed by atoms with van der Waals surface area (Å²) in [7, 11) is 0. The van der Waals surface area contributed by atoms with E-state index in [2.05, 4.69) is 29.1 Å². The normalized spacial score (nSPS) is 19.7. The summed E-state index contributed by atoms with van der Waals surface area (Å²) in [5.74, 6) is -0.355. The summed E-state index contributed by atoms with van der Waals surface area (Å²) in [6.45, 7) is 7.51. The van der Waals surface area contributed by atoms with E-state index in [0.717, 1.165) is 25.2 Å². The minimum Gasteiger partial charge on any atom is -0.478 e. The van der Waals surface area contributed by atoms with Gasteiger partial charge in [-0.3, -0.25) is 0 Å². The lowest BCUT2D eigenvalue weighted by Gasteiger charge is -2.20. The molecule has 0 aliphatic carbocycles. The fourth-order valence-electron chi connectivity index (χ4n) is 2.97. The number of likely N-dealkylation sites (tertiary alicyclic amines) is 1. The molecule has 1 fully saturated rings. The Morgan fingerprint density at radius 1 is 1.48 bits per heavy atom. The van der Waals surface area contributed by atoms with E-state index in [-0.39, 0.29) is 5.56 Å². The Labute approximate surface area is 123 Å². The molecule has 3 rings (SSSR count). The first-order valence-corrected chi connectivity index (χ1v) is 7.35. The maximum absolute atomic E-state index is 11.0. The van der Waals surface area contributed by atoms with E-state index >= 15 is 0 Å². The fraction of sp³-hybridized carbons (Fsp3) is 0.533. The quantitative estimate of drug-likeness (QED) is 0.929. The first kappa shape index (κ1) is 14.0. The molecular weight excluding hydrogens is 268 g/mol. The highest BCUT2D eigenvalue weighted by Gasteiger charge is 2.25. The second-order valence-corrected chi connectivity index (χ2v) is 6.02. The Balaban J connectivity index is 1.78. The van der Waals surface area contributed by atoms with Crippen molar-refractivity contribution in [1.82, 2.24) is 19.9 Å². The van der Waals surface area contributed by atoms with Gasteiger partial charge in [0.1, 0.15) is 5.52 Å². The van der Waals surface area contributed by atoms with Gasteiger partial charge in [0.25, 0.3) is 0 Å². The zero-order valence-electron chi connectivity index (χ0n) is 12.4. The number of carboxylic acid groups (broad SMARTS) is 1. The predicted molar refractivity (Wildman–Crippen MR) is 79.3 cm³/mol. The molecule has 0 spiro atoms. The number of hydrogen-bond acceptors (Lipinski definition) is 4. The van der Waals surface area contributed by atoms with E-state index in [1.807, 2.05) is 4.68 Å². The van der Waals surface area contributed by atoms with Crippen molar-refractivity contribution < 1.29 is 9.90 Å². The van der Waals surface area contributed by atoms with Gasteiger partial charge in [0.05, 0.1) is 11.1 Å². The van der Waals surface area contributed by atoms with E-state index in [4.69, 9.17) is 5.11 Å². The topological polar surface area (TPSA) is 71.2 Å². The van der Waals surface area contributed by atoms with Gasteiger partial charge in [-0.1, -0.05) is 5.21 Å². The van der Waals surface area contributed by atoms with Gasteiger partial charge < -0.3 is 10.0 Å². The Kier molecular flexibility index (Phi) is 3.63. The summed E-state index contributed by atoms with van der Waals surface area (Å²) in [6.07, 6.45) is 1.17. The van der Waals surface area contributed by atoms with Crippen molar-refractivity contribution in [2.75, 3.05) is 13.1 Å². The number of carbonyl (C=O) groups is 1. The number of rotatable bonds is 4. The second-order valence-electron chi connectivity index (χ2n) is 6.02. The molecule has 1 saturated heterocycles.